The lowest BCUT2D eigenvalue weighted by atomic mass is 9.95. The van der Waals surface area contributed by atoms with E-state index in [1.54, 1.807) is 0 Å². The highest BCUT2D eigenvalue weighted by molar-refractivity contribution is 5.14. The van der Waals surface area contributed by atoms with E-state index in [2.05, 4.69) is 37.3 Å². The quantitative estimate of drug-likeness (QED) is 0.600. The molecule has 0 saturated carbocycles. The molecule has 102 valence electrons. The van der Waals surface area contributed by atoms with E-state index in [9.17, 15) is 0 Å². The van der Waals surface area contributed by atoms with E-state index in [-0.39, 0.29) is 0 Å². The highest BCUT2D eigenvalue weighted by atomic mass is 16.2. The summed E-state index contributed by atoms with van der Waals surface area (Å²) >= 11 is 0. The van der Waals surface area contributed by atoms with Gasteiger partial charge in [-0.15, -0.1) is 0 Å². The van der Waals surface area contributed by atoms with Gasteiger partial charge in [-0.3, -0.25) is 0 Å². The predicted octanol–water partition coefficient (Wildman–Crippen LogP) is 4.59. The molecule has 1 N–H and O–H groups in total. The van der Waals surface area contributed by atoms with Crippen molar-refractivity contribution in [1.29, 1.82) is 0 Å². The fourth-order valence-corrected chi connectivity index (χ4v) is 2.43. The summed E-state index contributed by atoms with van der Waals surface area (Å²) in [5.41, 5.74) is 1.47. The molecule has 1 nitrogen and oxygen atoms in total. The first-order valence-corrected chi connectivity index (χ1v) is 7.47. The Morgan fingerprint density at radius 3 is 2.17 bits per heavy atom. The lowest BCUT2D eigenvalue weighted by Crippen LogP contribution is -1.99. The molecule has 1 aromatic rings. The average Bonchev–Trinajstić information content (AvgIpc) is 2.39. The van der Waals surface area contributed by atoms with Crippen molar-refractivity contribution in [3.8, 4) is 0 Å². The van der Waals surface area contributed by atoms with Crippen LogP contribution in [0.2, 0.25) is 0 Å². The number of aliphatic hydroxyl groups is 1. The van der Waals surface area contributed by atoms with Crippen LogP contribution in [0.1, 0.15) is 57.4 Å². The first kappa shape index (κ1) is 15.2. The molecule has 0 aliphatic carbocycles. The molecular formula is C17H28O. The minimum absolute atomic E-state index is 0.355. The summed E-state index contributed by atoms with van der Waals surface area (Å²) in [5, 5.41) is 8.68. The van der Waals surface area contributed by atoms with E-state index in [0.29, 0.717) is 6.61 Å². The summed E-state index contributed by atoms with van der Waals surface area (Å²) in [6.45, 7) is 2.72. The molecule has 1 aromatic carbocycles. The van der Waals surface area contributed by atoms with Crippen LogP contribution in [0.4, 0.5) is 0 Å². The minimum atomic E-state index is 0.355. The van der Waals surface area contributed by atoms with Crippen LogP contribution in [-0.2, 0) is 6.42 Å². The molecule has 0 amide bonds. The Labute approximate surface area is 112 Å². The maximum atomic E-state index is 8.68. The van der Waals surface area contributed by atoms with Crippen LogP contribution in [0.3, 0.4) is 0 Å². The molecule has 0 heterocycles. The molecule has 0 spiro atoms. The Bertz CT molecular complexity index is 281. The Morgan fingerprint density at radius 2 is 1.50 bits per heavy atom. The Hall–Kier alpha value is -0.820. The molecule has 0 saturated heterocycles. The number of hydrogen-bond donors (Lipinski definition) is 1. The molecule has 1 atom stereocenters. The van der Waals surface area contributed by atoms with Gasteiger partial charge in [-0.25, -0.2) is 0 Å². The summed E-state index contributed by atoms with van der Waals surface area (Å²) in [6.07, 6.45) is 10.0. The minimum Gasteiger partial charge on any atom is -0.396 e. The lowest BCUT2D eigenvalue weighted by Gasteiger charge is -2.11. The van der Waals surface area contributed by atoms with Gasteiger partial charge in [0, 0.05) is 6.61 Å². The molecule has 18 heavy (non-hydrogen) atoms. The third-order valence-corrected chi connectivity index (χ3v) is 3.53. The average molecular weight is 248 g/mol. The standard InChI is InChI=1S/C17H28O/c1-16(15-17-12-8-6-9-13-17)11-7-4-2-3-5-10-14-18/h6,8-9,12-13,16,18H,2-5,7,10-11,14-15H2,1H3/t16-/m1/s1. The van der Waals surface area contributed by atoms with Crippen molar-refractivity contribution < 1.29 is 5.11 Å². The second kappa shape index (κ2) is 10.1. The van der Waals surface area contributed by atoms with E-state index < -0.39 is 0 Å². The highest BCUT2D eigenvalue weighted by Gasteiger charge is 2.03. The van der Waals surface area contributed by atoms with Crippen LogP contribution < -0.4 is 0 Å². The van der Waals surface area contributed by atoms with Crippen LogP contribution in [0.25, 0.3) is 0 Å². The third kappa shape index (κ3) is 7.50. The van der Waals surface area contributed by atoms with Crippen molar-refractivity contribution in [2.45, 2.75) is 58.3 Å². The van der Waals surface area contributed by atoms with E-state index in [0.717, 1.165) is 12.3 Å². The number of unbranched alkanes of at least 4 members (excludes halogenated alkanes) is 5. The second-order valence-corrected chi connectivity index (χ2v) is 5.43. The zero-order valence-corrected chi connectivity index (χ0v) is 11.8. The molecule has 0 aliphatic rings. The van der Waals surface area contributed by atoms with Gasteiger partial charge in [-0.2, -0.15) is 0 Å². The van der Waals surface area contributed by atoms with E-state index in [1.165, 1.54) is 50.5 Å². The van der Waals surface area contributed by atoms with Crippen molar-refractivity contribution in [2.24, 2.45) is 5.92 Å². The van der Waals surface area contributed by atoms with Crippen molar-refractivity contribution in [3.05, 3.63) is 35.9 Å². The smallest absolute Gasteiger partial charge is 0.0431 e. The van der Waals surface area contributed by atoms with Gasteiger partial charge in [0.05, 0.1) is 0 Å². The van der Waals surface area contributed by atoms with Crippen LogP contribution in [0, 0.1) is 5.92 Å². The molecule has 1 rings (SSSR count). The third-order valence-electron chi connectivity index (χ3n) is 3.53. The first-order valence-electron chi connectivity index (χ1n) is 7.47. The van der Waals surface area contributed by atoms with Gasteiger partial charge in [0.15, 0.2) is 0 Å². The van der Waals surface area contributed by atoms with Crippen molar-refractivity contribution in [1.82, 2.24) is 0 Å². The van der Waals surface area contributed by atoms with Crippen molar-refractivity contribution in [2.75, 3.05) is 6.61 Å². The molecule has 0 fully saturated rings. The molecule has 1 heteroatoms. The van der Waals surface area contributed by atoms with Gasteiger partial charge in [0.1, 0.15) is 0 Å². The summed E-state index contributed by atoms with van der Waals surface area (Å²) in [5.74, 6) is 0.796. The van der Waals surface area contributed by atoms with Crippen LogP contribution in [0.15, 0.2) is 30.3 Å². The fourth-order valence-electron chi connectivity index (χ4n) is 2.43. The molecule has 0 bridgehead atoms. The van der Waals surface area contributed by atoms with Crippen molar-refractivity contribution in [3.63, 3.8) is 0 Å². The maximum absolute atomic E-state index is 8.68. The lowest BCUT2D eigenvalue weighted by molar-refractivity contribution is 0.282. The zero-order valence-electron chi connectivity index (χ0n) is 11.8. The molecule has 0 radical (unpaired) electrons. The number of aliphatic hydroxyl groups excluding tert-OH is 1. The molecular weight excluding hydrogens is 220 g/mol. The van der Waals surface area contributed by atoms with Crippen LogP contribution in [0.5, 0.6) is 0 Å². The van der Waals surface area contributed by atoms with Crippen LogP contribution >= 0.6 is 0 Å². The largest absolute Gasteiger partial charge is 0.396 e. The Morgan fingerprint density at radius 1 is 0.889 bits per heavy atom. The maximum Gasteiger partial charge on any atom is 0.0431 e. The second-order valence-electron chi connectivity index (χ2n) is 5.43. The Kier molecular flexibility index (Phi) is 8.58. The summed E-state index contributed by atoms with van der Waals surface area (Å²) in [4.78, 5) is 0. The molecule has 0 aliphatic heterocycles. The van der Waals surface area contributed by atoms with E-state index in [1.807, 2.05) is 0 Å². The summed E-state index contributed by atoms with van der Waals surface area (Å²) in [6, 6.07) is 10.8. The van der Waals surface area contributed by atoms with Gasteiger partial charge in [0.25, 0.3) is 0 Å². The van der Waals surface area contributed by atoms with Crippen LogP contribution in [-0.4, -0.2) is 11.7 Å². The monoisotopic (exact) mass is 248 g/mol. The van der Waals surface area contributed by atoms with Gasteiger partial charge in [-0.05, 0) is 24.3 Å². The normalized spacial score (nSPS) is 12.6. The van der Waals surface area contributed by atoms with E-state index in [4.69, 9.17) is 5.11 Å². The zero-order chi connectivity index (χ0) is 13.1. The molecule has 0 aromatic heterocycles. The SMILES string of the molecule is C[C@H](CCCCCCCCO)Cc1ccccc1. The fraction of sp³-hybridized carbons (Fsp3) is 0.647. The first-order chi connectivity index (χ1) is 8.83. The van der Waals surface area contributed by atoms with Gasteiger partial charge in [-0.1, -0.05) is 75.8 Å². The number of rotatable bonds is 10. The number of hydrogen-bond acceptors (Lipinski definition) is 1. The Balaban J connectivity index is 1.99. The highest BCUT2D eigenvalue weighted by Crippen LogP contribution is 2.16. The topological polar surface area (TPSA) is 20.2 Å². The summed E-state index contributed by atoms with van der Waals surface area (Å²) in [7, 11) is 0. The predicted molar refractivity (Wildman–Crippen MR) is 78.7 cm³/mol. The van der Waals surface area contributed by atoms with Gasteiger partial charge < -0.3 is 5.11 Å². The van der Waals surface area contributed by atoms with Gasteiger partial charge >= 0.3 is 0 Å². The summed E-state index contributed by atoms with van der Waals surface area (Å²) < 4.78 is 0. The molecule has 0 unspecified atom stereocenters. The van der Waals surface area contributed by atoms with E-state index >= 15 is 0 Å². The van der Waals surface area contributed by atoms with Gasteiger partial charge in [0.2, 0.25) is 0 Å². The van der Waals surface area contributed by atoms with Crippen molar-refractivity contribution >= 4 is 0 Å². The number of benzene rings is 1.